The monoisotopic (exact) mass is 342 g/mol. The zero-order valence-corrected chi connectivity index (χ0v) is 15.1. The Morgan fingerprint density at radius 3 is 2.68 bits per heavy atom. The van der Waals surface area contributed by atoms with Crippen LogP contribution >= 0.6 is 0 Å². The SMILES string of the molecule is CC(C)n1ccc(C(=O)NCc2cccnc2N2CCN(C)CC2)n1. The molecule has 1 saturated heterocycles. The molecule has 0 bridgehead atoms. The van der Waals surface area contributed by atoms with Gasteiger partial charge >= 0.3 is 0 Å². The van der Waals surface area contributed by atoms with E-state index in [0.29, 0.717) is 12.2 Å². The third-order valence-electron chi connectivity index (χ3n) is 4.48. The minimum absolute atomic E-state index is 0.160. The van der Waals surface area contributed by atoms with Crippen LogP contribution in [-0.2, 0) is 6.54 Å². The van der Waals surface area contributed by atoms with E-state index in [4.69, 9.17) is 0 Å². The third kappa shape index (κ3) is 4.17. The third-order valence-corrected chi connectivity index (χ3v) is 4.48. The number of carbonyl (C=O) groups excluding carboxylic acids is 1. The van der Waals surface area contributed by atoms with Crippen LogP contribution in [0, 0.1) is 0 Å². The topological polar surface area (TPSA) is 66.3 Å². The molecule has 0 aliphatic carbocycles. The zero-order chi connectivity index (χ0) is 17.8. The highest BCUT2D eigenvalue weighted by Gasteiger charge is 2.18. The van der Waals surface area contributed by atoms with E-state index in [9.17, 15) is 4.79 Å². The number of anilines is 1. The second-order valence-corrected chi connectivity index (χ2v) is 6.73. The van der Waals surface area contributed by atoms with E-state index in [-0.39, 0.29) is 11.9 Å². The lowest BCUT2D eigenvalue weighted by molar-refractivity contribution is 0.0945. The average molecular weight is 342 g/mol. The molecule has 1 amide bonds. The summed E-state index contributed by atoms with van der Waals surface area (Å²) in [5, 5.41) is 7.28. The first-order chi connectivity index (χ1) is 12.0. The molecule has 3 heterocycles. The normalized spacial score (nSPS) is 15.6. The van der Waals surface area contributed by atoms with Gasteiger partial charge in [-0.3, -0.25) is 9.48 Å². The van der Waals surface area contributed by atoms with Crippen molar-refractivity contribution in [2.75, 3.05) is 38.1 Å². The summed E-state index contributed by atoms with van der Waals surface area (Å²) in [6.45, 7) is 8.46. The molecule has 0 atom stereocenters. The van der Waals surface area contributed by atoms with Gasteiger partial charge in [-0.25, -0.2) is 4.98 Å². The molecule has 2 aromatic rings. The molecule has 25 heavy (non-hydrogen) atoms. The molecule has 2 aromatic heterocycles. The standard InChI is InChI=1S/C18H26N6O/c1-14(2)24-8-6-16(21-24)18(25)20-13-15-5-4-7-19-17(15)23-11-9-22(3)10-12-23/h4-8,14H,9-13H2,1-3H3,(H,20,25). The Balaban J connectivity index is 1.65. The summed E-state index contributed by atoms with van der Waals surface area (Å²) in [7, 11) is 2.13. The predicted octanol–water partition coefficient (Wildman–Crippen LogP) is 1.54. The molecule has 3 rings (SSSR count). The second-order valence-electron chi connectivity index (χ2n) is 6.73. The van der Waals surface area contributed by atoms with Crippen LogP contribution in [0.15, 0.2) is 30.6 Å². The van der Waals surface area contributed by atoms with Crippen LogP contribution in [0.3, 0.4) is 0 Å². The van der Waals surface area contributed by atoms with Crippen molar-refractivity contribution in [3.8, 4) is 0 Å². The first-order valence-electron chi connectivity index (χ1n) is 8.75. The molecule has 134 valence electrons. The lowest BCUT2D eigenvalue weighted by Gasteiger charge is -2.34. The van der Waals surface area contributed by atoms with Gasteiger partial charge in [0.25, 0.3) is 5.91 Å². The van der Waals surface area contributed by atoms with Crippen molar-refractivity contribution in [1.29, 1.82) is 0 Å². The van der Waals surface area contributed by atoms with Crippen molar-refractivity contribution in [2.45, 2.75) is 26.4 Å². The van der Waals surface area contributed by atoms with Gasteiger partial charge in [-0.1, -0.05) is 6.07 Å². The van der Waals surface area contributed by atoms with Crippen molar-refractivity contribution in [2.24, 2.45) is 0 Å². The number of carbonyl (C=O) groups is 1. The van der Waals surface area contributed by atoms with Gasteiger partial charge in [-0.05, 0) is 33.0 Å². The van der Waals surface area contributed by atoms with Gasteiger partial charge in [-0.2, -0.15) is 5.10 Å². The summed E-state index contributed by atoms with van der Waals surface area (Å²) < 4.78 is 1.79. The van der Waals surface area contributed by atoms with E-state index in [0.717, 1.165) is 37.6 Å². The Bertz CT molecular complexity index is 718. The number of rotatable bonds is 5. The van der Waals surface area contributed by atoms with Crippen LogP contribution in [0.5, 0.6) is 0 Å². The van der Waals surface area contributed by atoms with Crippen LogP contribution < -0.4 is 10.2 Å². The summed E-state index contributed by atoms with van der Waals surface area (Å²) in [6, 6.07) is 5.92. The van der Waals surface area contributed by atoms with Crippen LogP contribution in [-0.4, -0.2) is 58.8 Å². The van der Waals surface area contributed by atoms with E-state index in [1.54, 1.807) is 10.7 Å². The molecule has 0 saturated carbocycles. The van der Waals surface area contributed by atoms with Crippen LogP contribution in [0.1, 0.15) is 35.9 Å². The number of nitrogens with one attached hydrogen (secondary N) is 1. The number of amides is 1. The summed E-state index contributed by atoms with van der Waals surface area (Å²) >= 11 is 0. The molecular formula is C18H26N6O. The summed E-state index contributed by atoms with van der Waals surface area (Å²) in [5.41, 5.74) is 1.47. The Morgan fingerprint density at radius 2 is 2.00 bits per heavy atom. The van der Waals surface area contributed by atoms with E-state index in [1.165, 1.54) is 0 Å². The lowest BCUT2D eigenvalue weighted by atomic mass is 10.2. The molecule has 1 aliphatic heterocycles. The Hall–Kier alpha value is -2.41. The number of pyridine rings is 1. The molecule has 0 unspecified atom stereocenters. The Morgan fingerprint density at radius 1 is 1.24 bits per heavy atom. The van der Waals surface area contributed by atoms with Gasteiger partial charge in [0, 0.05) is 56.7 Å². The fraction of sp³-hybridized carbons (Fsp3) is 0.500. The Labute approximate surface area is 148 Å². The molecule has 1 N–H and O–H groups in total. The van der Waals surface area contributed by atoms with Gasteiger partial charge in [0.2, 0.25) is 0 Å². The first kappa shape index (κ1) is 17.4. The number of hydrogen-bond acceptors (Lipinski definition) is 5. The van der Waals surface area contributed by atoms with E-state index in [1.807, 2.05) is 38.4 Å². The highest BCUT2D eigenvalue weighted by molar-refractivity contribution is 5.92. The maximum Gasteiger partial charge on any atom is 0.272 e. The van der Waals surface area contributed by atoms with Crippen LogP contribution in [0.25, 0.3) is 0 Å². The van der Waals surface area contributed by atoms with Gasteiger partial charge in [0.1, 0.15) is 11.5 Å². The minimum atomic E-state index is -0.160. The number of aromatic nitrogens is 3. The quantitative estimate of drug-likeness (QED) is 0.893. The summed E-state index contributed by atoms with van der Waals surface area (Å²) in [5.74, 6) is 0.802. The highest BCUT2D eigenvalue weighted by atomic mass is 16.1. The maximum atomic E-state index is 12.4. The molecule has 0 spiro atoms. The fourth-order valence-corrected chi connectivity index (χ4v) is 2.88. The summed E-state index contributed by atoms with van der Waals surface area (Å²) in [6.07, 6.45) is 3.64. The second kappa shape index (κ2) is 7.65. The van der Waals surface area contributed by atoms with Crippen molar-refractivity contribution >= 4 is 11.7 Å². The van der Waals surface area contributed by atoms with Gasteiger partial charge in [0.15, 0.2) is 0 Å². The number of hydrogen-bond donors (Lipinski definition) is 1. The van der Waals surface area contributed by atoms with Gasteiger partial charge in [0.05, 0.1) is 0 Å². The molecule has 0 aromatic carbocycles. The fourth-order valence-electron chi connectivity index (χ4n) is 2.88. The Kier molecular flexibility index (Phi) is 5.33. The number of likely N-dealkylation sites (N-methyl/N-ethyl adjacent to an activating group) is 1. The van der Waals surface area contributed by atoms with Crippen molar-refractivity contribution in [3.05, 3.63) is 41.9 Å². The lowest BCUT2D eigenvalue weighted by Crippen LogP contribution is -2.45. The smallest absolute Gasteiger partial charge is 0.272 e. The van der Waals surface area contributed by atoms with Gasteiger partial charge < -0.3 is 15.1 Å². The first-order valence-corrected chi connectivity index (χ1v) is 8.75. The number of piperazine rings is 1. The molecule has 7 heteroatoms. The van der Waals surface area contributed by atoms with Gasteiger partial charge in [-0.15, -0.1) is 0 Å². The van der Waals surface area contributed by atoms with Crippen molar-refractivity contribution in [1.82, 2.24) is 25.0 Å². The molecule has 1 fully saturated rings. The minimum Gasteiger partial charge on any atom is -0.354 e. The molecule has 0 radical (unpaired) electrons. The molecule has 1 aliphatic rings. The average Bonchev–Trinajstić information content (AvgIpc) is 3.11. The molecular weight excluding hydrogens is 316 g/mol. The van der Waals surface area contributed by atoms with Crippen molar-refractivity contribution < 1.29 is 4.79 Å². The molecule has 7 nitrogen and oxygen atoms in total. The van der Waals surface area contributed by atoms with E-state index >= 15 is 0 Å². The largest absolute Gasteiger partial charge is 0.354 e. The van der Waals surface area contributed by atoms with E-state index in [2.05, 4.69) is 32.2 Å². The highest BCUT2D eigenvalue weighted by Crippen LogP contribution is 2.18. The predicted molar refractivity (Wildman–Crippen MR) is 97.7 cm³/mol. The number of nitrogens with zero attached hydrogens (tertiary/aromatic N) is 5. The maximum absolute atomic E-state index is 12.4. The summed E-state index contributed by atoms with van der Waals surface area (Å²) in [4.78, 5) is 21.5. The van der Waals surface area contributed by atoms with Crippen molar-refractivity contribution in [3.63, 3.8) is 0 Å². The van der Waals surface area contributed by atoms with Crippen LogP contribution in [0.2, 0.25) is 0 Å². The van der Waals surface area contributed by atoms with Crippen LogP contribution in [0.4, 0.5) is 5.82 Å². The zero-order valence-electron chi connectivity index (χ0n) is 15.1. The van der Waals surface area contributed by atoms with E-state index < -0.39 is 0 Å².